The molecule has 12 nitrogen and oxygen atoms in total. The van der Waals surface area contributed by atoms with Crippen LogP contribution in [0.3, 0.4) is 0 Å². The summed E-state index contributed by atoms with van der Waals surface area (Å²) in [6.45, 7) is 1.63. The van der Waals surface area contributed by atoms with Crippen molar-refractivity contribution in [2.24, 2.45) is 5.73 Å². The average molecular weight is 415 g/mol. The monoisotopic (exact) mass is 415 g/mol. The predicted octanol–water partition coefficient (Wildman–Crippen LogP) is -1.50. The summed E-state index contributed by atoms with van der Waals surface area (Å²) < 4.78 is 7.12. The van der Waals surface area contributed by atoms with Gasteiger partial charge < -0.3 is 45.6 Å². The van der Waals surface area contributed by atoms with E-state index in [4.69, 9.17) is 26.0 Å². The van der Waals surface area contributed by atoms with Crippen LogP contribution in [0.5, 0.6) is 0 Å². The lowest BCUT2D eigenvalue weighted by atomic mass is 10.1. The quantitative estimate of drug-likeness (QED) is 0.246. The van der Waals surface area contributed by atoms with Crippen LogP contribution in [0.15, 0.2) is 6.20 Å². The van der Waals surface area contributed by atoms with Gasteiger partial charge in [-0.15, -0.1) is 0 Å². The van der Waals surface area contributed by atoms with E-state index in [1.807, 2.05) is 0 Å². The number of ether oxygens (including phenoxy) is 1. The summed E-state index contributed by atoms with van der Waals surface area (Å²) in [6.07, 6.45) is -1.64. The molecule has 28 heavy (non-hydrogen) atoms. The molecule has 1 amide bonds. The molecule has 1 fully saturated rings. The number of rotatable bonds is 5. The Bertz CT molecular complexity index is 861. The van der Waals surface area contributed by atoms with Crippen molar-refractivity contribution in [3.05, 3.63) is 17.6 Å². The van der Waals surface area contributed by atoms with E-state index in [2.05, 4.69) is 9.97 Å². The number of fused-ring (bicyclic) bond motifs is 1. The highest BCUT2D eigenvalue weighted by atomic mass is 31.1. The summed E-state index contributed by atoms with van der Waals surface area (Å²) in [5, 5.41) is 20.8. The molecule has 0 bridgehead atoms. The van der Waals surface area contributed by atoms with Crippen LogP contribution in [-0.2, 0) is 9.53 Å². The molecule has 4 atom stereocenters. The first kappa shape index (κ1) is 22.1. The maximum absolute atomic E-state index is 11.7. The molecule has 2 aromatic heterocycles. The van der Waals surface area contributed by atoms with Crippen LogP contribution in [0, 0.1) is 6.92 Å². The Morgan fingerprint density at radius 3 is 2.57 bits per heavy atom. The van der Waals surface area contributed by atoms with Crippen LogP contribution >= 0.6 is 9.03 Å². The number of aldehydes is 1. The van der Waals surface area contributed by atoms with E-state index in [-0.39, 0.29) is 35.3 Å². The number of nitrogens with zero attached hydrogens (tertiary/aromatic N) is 3. The maximum Gasteiger partial charge on any atom is 0.251 e. The lowest BCUT2D eigenvalue weighted by Gasteiger charge is -2.17. The fraction of sp³-hybridized carbons (Fsp3) is 0.467. The highest BCUT2D eigenvalue weighted by Gasteiger charge is 2.44. The number of aliphatic hydroxyl groups is 2. The van der Waals surface area contributed by atoms with E-state index >= 15 is 0 Å². The summed E-state index contributed by atoms with van der Waals surface area (Å²) in [5.74, 6) is -0.278. The van der Waals surface area contributed by atoms with Gasteiger partial charge in [-0.2, -0.15) is 0 Å². The number of hydrogen-bond donors (Lipinski definition) is 6. The minimum absolute atomic E-state index is 0.0839. The summed E-state index contributed by atoms with van der Waals surface area (Å²) in [6, 6.07) is 0. The third-order valence-electron chi connectivity index (χ3n) is 4.26. The zero-order chi connectivity index (χ0) is 21.0. The molecule has 0 saturated carbocycles. The molecule has 0 spiro atoms. The van der Waals surface area contributed by atoms with Crippen molar-refractivity contribution in [2.75, 3.05) is 5.73 Å². The number of aryl methyl sites for hydroxylation is 1. The summed E-state index contributed by atoms with van der Waals surface area (Å²) in [4.78, 5) is 44.9. The molecule has 0 unspecified atom stereocenters. The third kappa shape index (κ3) is 4.27. The Labute approximate surface area is 161 Å². The zero-order valence-corrected chi connectivity index (χ0v) is 15.9. The number of hydrogen-bond acceptors (Lipinski definition) is 10. The Morgan fingerprint density at radius 1 is 1.36 bits per heavy atom. The van der Waals surface area contributed by atoms with Crippen molar-refractivity contribution >= 4 is 38.1 Å². The van der Waals surface area contributed by atoms with Crippen molar-refractivity contribution in [3.63, 3.8) is 0 Å². The number of aliphatic hydroxyl groups excluding tert-OH is 2. The molecule has 1 saturated heterocycles. The third-order valence-corrected chi connectivity index (χ3v) is 4.26. The fourth-order valence-electron chi connectivity index (χ4n) is 3.10. The summed E-state index contributed by atoms with van der Waals surface area (Å²) in [5.41, 5.74) is 11.7. The minimum atomic E-state index is -1.27. The van der Waals surface area contributed by atoms with E-state index < -0.39 is 39.5 Å². The number of amides is 1. The second-order valence-corrected chi connectivity index (χ2v) is 6.26. The van der Waals surface area contributed by atoms with Crippen LogP contribution in [0.2, 0.25) is 0 Å². The second-order valence-electron chi connectivity index (χ2n) is 6.06. The van der Waals surface area contributed by atoms with Crippen LogP contribution < -0.4 is 11.5 Å². The van der Waals surface area contributed by atoms with E-state index in [1.54, 1.807) is 6.92 Å². The Kier molecular flexibility index (Phi) is 7.35. The molecule has 8 N–H and O–H groups in total. The molecule has 0 aliphatic carbocycles. The van der Waals surface area contributed by atoms with Gasteiger partial charge in [-0.1, -0.05) is 0 Å². The fourth-order valence-corrected chi connectivity index (χ4v) is 3.10. The molecule has 154 valence electrons. The summed E-state index contributed by atoms with van der Waals surface area (Å²) >= 11 is 0. The van der Waals surface area contributed by atoms with Gasteiger partial charge in [-0.3, -0.25) is 4.79 Å². The number of nitrogens with two attached hydrogens (primary N) is 2. The van der Waals surface area contributed by atoms with E-state index in [9.17, 15) is 19.8 Å². The van der Waals surface area contributed by atoms with Gasteiger partial charge in [0.1, 0.15) is 44.8 Å². The zero-order valence-electron chi connectivity index (χ0n) is 14.9. The van der Waals surface area contributed by atoms with E-state index in [1.165, 1.54) is 10.8 Å². The molecule has 2 aromatic rings. The highest BCUT2D eigenvalue weighted by Crippen LogP contribution is 2.35. The highest BCUT2D eigenvalue weighted by molar-refractivity contribution is 7.23. The van der Waals surface area contributed by atoms with Gasteiger partial charge in [0.05, 0.1) is 17.1 Å². The van der Waals surface area contributed by atoms with Crippen molar-refractivity contribution in [1.82, 2.24) is 14.5 Å². The number of primary amides is 1. The number of anilines is 1. The van der Waals surface area contributed by atoms with E-state index in [0.717, 1.165) is 0 Å². The maximum atomic E-state index is 11.7. The molecule has 3 rings (SSSR count). The molecular formula is C15H22N5O7P. The van der Waals surface area contributed by atoms with Gasteiger partial charge in [-0.25, -0.2) is 9.97 Å². The van der Waals surface area contributed by atoms with Crippen LogP contribution in [-0.4, -0.2) is 65.0 Å². The SMILES string of the molecule is Cc1nc(N)c2c(C(N)=O)cn([C@@H]3O[C@H](CCC=O)[C@@H](O)[C@H]3O)c2n1.OPO. The lowest BCUT2D eigenvalue weighted by molar-refractivity contribution is -0.109. The number of nitrogen functional groups attached to an aromatic ring is 1. The first-order chi connectivity index (χ1) is 13.3. The lowest BCUT2D eigenvalue weighted by Crippen LogP contribution is -2.31. The molecule has 3 heterocycles. The minimum Gasteiger partial charge on any atom is -0.388 e. The number of carbonyl (C=O) groups excluding carboxylic acids is 2. The van der Waals surface area contributed by atoms with Crippen LogP contribution in [0.1, 0.15) is 35.3 Å². The smallest absolute Gasteiger partial charge is 0.251 e. The molecule has 1 aliphatic rings. The largest absolute Gasteiger partial charge is 0.388 e. The van der Waals surface area contributed by atoms with Gasteiger partial charge in [0.2, 0.25) is 0 Å². The second kappa shape index (κ2) is 9.32. The average Bonchev–Trinajstić information content (AvgIpc) is 3.13. The molecule has 1 aliphatic heterocycles. The van der Waals surface area contributed by atoms with E-state index in [0.29, 0.717) is 12.1 Å². The number of carbonyl (C=O) groups is 2. The number of aromatic nitrogens is 3. The Balaban J connectivity index is 0.000000878. The topological polar surface area (TPSA) is 207 Å². The standard InChI is InChI=1S/C15H19N5O5.H3O2P/c1-6-18-12(16)9-7(13(17)24)5-20(14(9)19-6)15-11(23)10(22)8(25-15)3-2-4-21;1-3-2/h4-5,8,10-11,15,22-23H,2-3H2,1H3,(H2,17,24)(H2,16,18,19);1-3H/t8-,10-,11-,15-;/m1./s1. The van der Waals surface area contributed by atoms with Crippen LogP contribution in [0.4, 0.5) is 5.82 Å². The van der Waals surface area contributed by atoms with Crippen molar-refractivity contribution in [1.29, 1.82) is 0 Å². The molecule has 0 radical (unpaired) electrons. The molecular weight excluding hydrogens is 393 g/mol. The van der Waals surface area contributed by atoms with Gasteiger partial charge in [-0.05, 0) is 13.3 Å². The first-order valence-corrected chi connectivity index (χ1v) is 9.09. The molecule has 13 heteroatoms. The van der Waals surface area contributed by atoms with Gasteiger partial charge in [0.25, 0.3) is 5.91 Å². The predicted molar refractivity (Wildman–Crippen MR) is 99.2 cm³/mol. The summed E-state index contributed by atoms with van der Waals surface area (Å²) in [7, 11) is -0.917. The van der Waals surface area contributed by atoms with Crippen LogP contribution in [0.25, 0.3) is 11.0 Å². The van der Waals surface area contributed by atoms with Crippen molar-refractivity contribution < 1.29 is 34.3 Å². The van der Waals surface area contributed by atoms with Gasteiger partial charge in [0.15, 0.2) is 6.23 Å². The Morgan fingerprint density at radius 2 is 2.00 bits per heavy atom. The molecule has 0 aromatic carbocycles. The first-order valence-electron chi connectivity index (χ1n) is 8.19. The van der Waals surface area contributed by atoms with Crippen molar-refractivity contribution in [3.8, 4) is 0 Å². The van der Waals surface area contributed by atoms with Gasteiger partial charge >= 0.3 is 0 Å². The normalized spacial score (nSPS) is 24.0. The Hall–Kier alpha value is -2.21. The van der Waals surface area contributed by atoms with Crippen molar-refractivity contribution in [2.45, 2.75) is 44.3 Å². The van der Waals surface area contributed by atoms with Gasteiger partial charge in [0, 0.05) is 12.6 Å².